The highest BCUT2D eigenvalue weighted by Crippen LogP contribution is 2.48. The van der Waals surface area contributed by atoms with E-state index in [1.165, 1.54) is 32.1 Å². The van der Waals surface area contributed by atoms with Gasteiger partial charge < -0.3 is 5.32 Å². The Morgan fingerprint density at radius 2 is 2.29 bits per heavy atom. The van der Waals surface area contributed by atoms with Crippen LogP contribution in [0.3, 0.4) is 0 Å². The Bertz CT molecular complexity index is 237. The summed E-state index contributed by atoms with van der Waals surface area (Å²) >= 11 is 0. The van der Waals surface area contributed by atoms with E-state index in [2.05, 4.69) is 18.3 Å². The molecule has 2 aliphatic rings. The van der Waals surface area contributed by atoms with Gasteiger partial charge in [-0.3, -0.25) is 0 Å². The fraction of sp³-hybridized carbons (Fsp3) is 0.917. The predicted octanol–water partition coefficient (Wildman–Crippen LogP) is 2.46. The van der Waals surface area contributed by atoms with Crippen LogP contribution in [-0.2, 0) is 0 Å². The summed E-state index contributed by atoms with van der Waals surface area (Å²) in [5, 5.41) is 12.3. The standard InChI is InChI=1S/C12H20N2/c1-2-3-10-8-11(10)14-9-12(4-5-12)6-7-13/h10-11,14H,2-6,8-9H2,1H3. The largest absolute Gasteiger partial charge is 0.313 e. The molecule has 0 bridgehead atoms. The molecule has 0 aliphatic heterocycles. The Kier molecular flexibility index (Phi) is 2.78. The molecular weight excluding hydrogens is 172 g/mol. The van der Waals surface area contributed by atoms with Crippen LogP contribution in [0.1, 0.15) is 45.4 Å². The van der Waals surface area contributed by atoms with Crippen molar-refractivity contribution < 1.29 is 0 Å². The topological polar surface area (TPSA) is 35.8 Å². The molecule has 0 aromatic rings. The highest BCUT2D eigenvalue weighted by Gasteiger charge is 2.44. The molecule has 14 heavy (non-hydrogen) atoms. The lowest BCUT2D eigenvalue weighted by atomic mass is 10.0. The Morgan fingerprint density at radius 1 is 1.50 bits per heavy atom. The fourth-order valence-electron chi connectivity index (χ4n) is 2.30. The third kappa shape index (κ3) is 2.27. The Morgan fingerprint density at radius 3 is 2.86 bits per heavy atom. The molecule has 0 spiro atoms. The average molecular weight is 192 g/mol. The molecule has 2 atom stereocenters. The van der Waals surface area contributed by atoms with E-state index >= 15 is 0 Å². The maximum atomic E-state index is 8.68. The van der Waals surface area contributed by atoms with Gasteiger partial charge in [-0.1, -0.05) is 13.3 Å². The van der Waals surface area contributed by atoms with Gasteiger partial charge in [0, 0.05) is 19.0 Å². The summed E-state index contributed by atoms with van der Waals surface area (Å²) < 4.78 is 0. The van der Waals surface area contributed by atoms with Crippen molar-refractivity contribution in [3.05, 3.63) is 0 Å². The molecule has 2 aliphatic carbocycles. The summed E-state index contributed by atoms with van der Waals surface area (Å²) in [4.78, 5) is 0. The van der Waals surface area contributed by atoms with Crippen molar-refractivity contribution in [2.45, 2.75) is 51.5 Å². The van der Waals surface area contributed by atoms with Crippen LogP contribution in [0.25, 0.3) is 0 Å². The van der Waals surface area contributed by atoms with Crippen LogP contribution in [0, 0.1) is 22.7 Å². The zero-order chi connectivity index (χ0) is 10.0. The highest BCUT2D eigenvalue weighted by molar-refractivity contribution is 5.03. The molecule has 2 saturated carbocycles. The minimum Gasteiger partial charge on any atom is -0.313 e. The van der Waals surface area contributed by atoms with Crippen molar-refractivity contribution in [2.75, 3.05) is 6.54 Å². The van der Waals surface area contributed by atoms with E-state index in [0.29, 0.717) is 5.41 Å². The molecule has 0 saturated heterocycles. The monoisotopic (exact) mass is 192 g/mol. The van der Waals surface area contributed by atoms with Gasteiger partial charge in [0.05, 0.1) is 6.07 Å². The summed E-state index contributed by atoms with van der Waals surface area (Å²) in [5.41, 5.74) is 0.383. The van der Waals surface area contributed by atoms with Gasteiger partial charge in [-0.15, -0.1) is 0 Å². The molecule has 2 unspecified atom stereocenters. The van der Waals surface area contributed by atoms with Crippen LogP contribution in [0.2, 0.25) is 0 Å². The quantitative estimate of drug-likeness (QED) is 0.701. The van der Waals surface area contributed by atoms with Crippen molar-refractivity contribution in [1.82, 2.24) is 5.32 Å². The van der Waals surface area contributed by atoms with Gasteiger partial charge in [-0.05, 0) is 37.0 Å². The van der Waals surface area contributed by atoms with Crippen LogP contribution < -0.4 is 5.32 Å². The molecule has 2 nitrogen and oxygen atoms in total. The van der Waals surface area contributed by atoms with E-state index in [0.717, 1.165) is 24.9 Å². The van der Waals surface area contributed by atoms with E-state index in [9.17, 15) is 0 Å². The minimum atomic E-state index is 0.383. The average Bonchev–Trinajstić information content (AvgIpc) is 3.02. The van der Waals surface area contributed by atoms with Gasteiger partial charge >= 0.3 is 0 Å². The lowest BCUT2D eigenvalue weighted by molar-refractivity contribution is 0.453. The summed E-state index contributed by atoms with van der Waals surface area (Å²) in [7, 11) is 0. The maximum Gasteiger partial charge on any atom is 0.0628 e. The molecule has 2 heteroatoms. The van der Waals surface area contributed by atoms with E-state index in [1.807, 2.05) is 0 Å². The highest BCUT2D eigenvalue weighted by atomic mass is 15.0. The van der Waals surface area contributed by atoms with Gasteiger partial charge in [-0.2, -0.15) is 5.26 Å². The Labute approximate surface area is 86.7 Å². The lowest BCUT2D eigenvalue weighted by Crippen LogP contribution is -2.26. The summed E-state index contributed by atoms with van der Waals surface area (Å²) in [6, 6.07) is 3.09. The predicted molar refractivity (Wildman–Crippen MR) is 56.7 cm³/mol. The zero-order valence-corrected chi connectivity index (χ0v) is 9.05. The molecular formula is C12H20N2. The van der Waals surface area contributed by atoms with Crippen molar-refractivity contribution in [3.63, 3.8) is 0 Å². The molecule has 2 rings (SSSR count). The van der Waals surface area contributed by atoms with Gasteiger partial charge in [-0.25, -0.2) is 0 Å². The first-order valence-corrected chi connectivity index (χ1v) is 5.90. The van der Waals surface area contributed by atoms with E-state index in [-0.39, 0.29) is 0 Å². The van der Waals surface area contributed by atoms with Crippen LogP contribution in [0.5, 0.6) is 0 Å². The maximum absolute atomic E-state index is 8.68. The van der Waals surface area contributed by atoms with Crippen LogP contribution in [0.15, 0.2) is 0 Å². The van der Waals surface area contributed by atoms with Crippen LogP contribution >= 0.6 is 0 Å². The first-order valence-electron chi connectivity index (χ1n) is 5.90. The SMILES string of the molecule is CCCC1CC1NCC1(CC#N)CC1. The van der Waals surface area contributed by atoms with Crippen molar-refractivity contribution in [3.8, 4) is 6.07 Å². The molecule has 0 heterocycles. The third-order valence-electron chi connectivity index (χ3n) is 3.73. The zero-order valence-electron chi connectivity index (χ0n) is 9.05. The molecule has 78 valence electrons. The molecule has 1 N–H and O–H groups in total. The normalized spacial score (nSPS) is 32.3. The second kappa shape index (κ2) is 3.90. The van der Waals surface area contributed by atoms with Crippen molar-refractivity contribution in [1.29, 1.82) is 5.26 Å². The lowest BCUT2D eigenvalue weighted by Gasteiger charge is -2.11. The Balaban J connectivity index is 1.62. The molecule has 0 radical (unpaired) electrons. The number of hydrogen-bond donors (Lipinski definition) is 1. The van der Waals surface area contributed by atoms with Gasteiger partial charge in [0.2, 0.25) is 0 Å². The van der Waals surface area contributed by atoms with Gasteiger partial charge in [0.1, 0.15) is 0 Å². The molecule has 0 aromatic carbocycles. The Hall–Kier alpha value is -0.550. The smallest absolute Gasteiger partial charge is 0.0628 e. The number of rotatable bonds is 6. The summed E-state index contributed by atoms with van der Waals surface area (Å²) in [6.45, 7) is 3.35. The van der Waals surface area contributed by atoms with E-state index in [1.54, 1.807) is 0 Å². The van der Waals surface area contributed by atoms with Crippen LogP contribution in [0.4, 0.5) is 0 Å². The van der Waals surface area contributed by atoms with Crippen molar-refractivity contribution in [2.24, 2.45) is 11.3 Å². The molecule has 0 aromatic heterocycles. The van der Waals surface area contributed by atoms with E-state index in [4.69, 9.17) is 5.26 Å². The minimum absolute atomic E-state index is 0.383. The number of nitrogens with zero attached hydrogens (tertiary/aromatic N) is 1. The number of nitrogens with one attached hydrogen (secondary N) is 1. The summed E-state index contributed by atoms with van der Waals surface area (Å²) in [5.74, 6) is 0.942. The van der Waals surface area contributed by atoms with Gasteiger partial charge in [0.25, 0.3) is 0 Å². The number of nitriles is 1. The van der Waals surface area contributed by atoms with E-state index < -0.39 is 0 Å². The van der Waals surface area contributed by atoms with Crippen molar-refractivity contribution >= 4 is 0 Å². The molecule has 2 fully saturated rings. The van der Waals surface area contributed by atoms with Gasteiger partial charge in [0.15, 0.2) is 0 Å². The van der Waals surface area contributed by atoms with Crippen LogP contribution in [-0.4, -0.2) is 12.6 Å². The third-order valence-corrected chi connectivity index (χ3v) is 3.73. The molecule has 0 amide bonds. The second-order valence-electron chi connectivity index (χ2n) is 5.11. The first kappa shape index (κ1) is 9.98. The fourth-order valence-corrected chi connectivity index (χ4v) is 2.30. The first-order chi connectivity index (χ1) is 6.79. The number of hydrogen-bond acceptors (Lipinski definition) is 2. The second-order valence-corrected chi connectivity index (χ2v) is 5.11. The summed E-state index contributed by atoms with van der Waals surface area (Å²) in [6.07, 6.45) is 7.34.